The maximum atomic E-state index is 12.4. The summed E-state index contributed by atoms with van der Waals surface area (Å²) in [5.41, 5.74) is 4.60. The highest BCUT2D eigenvalue weighted by molar-refractivity contribution is 5.79. The molecule has 2 heterocycles. The van der Waals surface area contributed by atoms with E-state index >= 15 is 0 Å². The molecule has 2 aromatic rings. The molecule has 1 atom stereocenters. The van der Waals surface area contributed by atoms with Crippen molar-refractivity contribution in [2.75, 3.05) is 32.7 Å². The van der Waals surface area contributed by atoms with Gasteiger partial charge in [0.05, 0.1) is 11.8 Å². The number of nitrogens with zero attached hydrogens (tertiary/aromatic N) is 3. The quantitative estimate of drug-likeness (QED) is 0.571. The zero-order valence-electron chi connectivity index (χ0n) is 17.8. The average molecular weight is 394 g/mol. The fourth-order valence-corrected chi connectivity index (χ4v) is 3.90. The summed E-state index contributed by atoms with van der Waals surface area (Å²) in [7, 11) is 0. The van der Waals surface area contributed by atoms with Crippen molar-refractivity contribution < 1.29 is 4.39 Å². The number of rotatable bonds is 7. The van der Waals surface area contributed by atoms with Crippen LogP contribution in [-0.2, 0) is 0 Å². The van der Waals surface area contributed by atoms with Crippen molar-refractivity contribution in [3.63, 3.8) is 0 Å². The summed E-state index contributed by atoms with van der Waals surface area (Å²) in [6, 6.07) is 10.9. The van der Waals surface area contributed by atoms with Crippen LogP contribution in [0.3, 0.4) is 0 Å². The van der Waals surface area contributed by atoms with Crippen molar-refractivity contribution in [2.45, 2.75) is 33.1 Å². The van der Waals surface area contributed by atoms with Gasteiger partial charge in [-0.3, -0.25) is 9.88 Å². The zero-order chi connectivity index (χ0) is 20.6. The third-order valence-electron chi connectivity index (χ3n) is 5.71. The van der Waals surface area contributed by atoms with E-state index in [1.807, 2.05) is 32.1 Å². The van der Waals surface area contributed by atoms with Gasteiger partial charge >= 0.3 is 0 Å². The molecule has 1 aliphatic rings. The van der Waals surface area contributed by atoms with Crippen molar-refractivity contribution in [1.82, 2.24) is 14.8 Å². The molecule has 1 unspecified atom stereocenters. The van der Waals surface area contributed by atoms with Gasteiger partial charge in [-0.05, 0) is 74.7 Å². The van der Waals surface area contributed by atoms with Gasteiger partial charge in [-0.1, -0.05) is 25.1 Å². The largest absolute Gasteiger partial charge is 0.369 e. The molecule has 154 valence electrons. The van der Waals surface area contributed by atoms with Gasteiger partial charge in [0.15, 0.2) is 0 Å². The Bertz CT molecular complexity index is 892. The summed E-state index contributed by atoms with van der Waals surface area (Å²) in [6.07, 6.45) is 9.09. The van der Waals surface area contributed by atoms with Crippen LogP contribution in [0.2, 0.25) is 0 Å². The van der Waals surface area contributed by atoms with Crippen molar-refractivity contribution in [1.29, 1.82) is 0 Å². The minimum absolute atomic E-state index is 0.520. The van der Waals surface area contributed by atoms with E-state index in [2.05, 4.69) is 52.0 Å². The van der Waals surface area contributed by atoms with E-state index in [1.54, 1.807) is 0 Å². The molecule has 0 amide bonds. The molecule has 29 heavy (non-hydrogen) atoms. The number of halogens is 1. The number of fused-ring (bicyclic) bond motifs is 1. The SMILES string of the molecule is C\C=C/C(=C\C=C\F)N1CCN(CCC(C)c2ccc3nc(C)ccc3c2)CC1. The maximum Gasteiger partial charge on any atom is 0.0867 e. The Morgan fingerprint density at radius 1 is 1.17 bits per heavy atom. The molecule has 1 aliphatic heterocycles. The Hall–Kier alpha value is -2.46. The molecular formula is C25H32FN3. The van der Waals surface area contributed by atoms with E-state index in [4.69, 9.17) is 0 Å². The van der Waals surface area contributed by atoms with E-state index < -0.39 is 0 Å². The lowest BCUT2D eigenvalue weighted by atomic mass is 9.96. The van der Waals surface area contributed by atoms with Crippen LogP contribution in [0.1, 0.15) is 37.4 Å². The highest BCUT2D eigenvalue weighted by Crippen LogP contribution is 2.24. The molecule has 1 aromatic heterocycles. The van der Waals surface area contributed by atoms with Gasteiger partial charge in [-0.15, -0.1) is 0 Å². The zero-order valence-corrected chi connectivity index (χ0v) is 17.8. The van der Waals surface area contributed by atoms with Gasteiger partial charge in [0.1, 0.15) is 0 Å². The topological polar surface area (TPSA) is 19.4 Å². The molecule has 3 nitrogen and oxygen atoms in total. The first-order valence-corrected chi connectivity index (χ1v) is 10.5. The fraction of sp³-hybridized carbons (Fsp3) is 0.400. The van der Waals surface area contributed by atoms with Crippen molar-refractivity contribution in [3.8, 4) is 0 Å². The van der Waals surface area contributed by atoms with Crippen LogP contribution in [0.15, 0.2) is 66.7 Å². The van der Waals surface area contributed by atoms with Crippen LogP contribution in [-0.4, -0.2) is 47.5 Å². The molecule has 0 radical (unpaired) electrons. The van der Waals surface area contributed by atoms with Crippen molar-refractivity contribution in [2.24, 2.45) is 0 Å². The van der Waals surface area contributed by atoms with Crippen molar-refractivity contribution in [3.05, 3.63) is 77.9 Å². The van der Waals surface area contributed by atoms with E-state index in [9.17, 15) is 4.39 Å². The molecule has 0 spiro atoms. The van der Waals surface area contributed by atoms with Gasteiger partial charge in [-0.2, -0.15) is 0 Å². The molecule has 4 heteroatoms. The first kappa shape index (κ1) is 21.3. The number of piperazine rings is 1. The minimum Gasteiger partial charge on any atom is -0.369 e. The standard InChI is InChI=1S/C25H32FN3/c1-4-6-24(7-5-13-26)29-17-15-28(16-18-29)14-12-20(2)22-10-11-25-23(19-22)9-8-21(3)27-25/h4-11,13,19-20H,12,14-18H2,1-3H3/b6-4-,13-5+,24-7+. The Morgan fingerprint density at radius 2 is 1.97 bits per heavy atom. The number of benzene rings is 1. The molecule has 0 N–H and O–H groups in total. The first-order valence-electron chi connectivity index (χ1n) is 10.5. The second kappa shape index (κ2) is 10.4. The van der Waals surface area contributed by atoms with Crippen LogP contribution in [0.5, 0.6) is 0 Å². The second-order valence-corrected chi connectivity index (χ2v) is 7.83. The predicted molar refractivity (Wildman–Crippen MR) is 121 cm³/mol. The molecule has 3 rings (SSSR count). The lowest BCUT2D eigenvalue weighted by molar-refractivity contribution is 0.158. The van der Waals surface area contributed by atoms with Gasteiger partial charge in [-0.25, -0.2) is 4.39 Å². The van der Waals surface area contributed by atoms with Gasteiger partial charge in [0.25, 0.3) is 0 Å². The Balaban J connectivity index is 1.53. The van der Waals surface area contributed by atoms with Crippen LogP contribution in [0, 0.1) is 6.92 Å². The third-order valence-corrected chi connectivity index (χ3v) is 5.71. The second-order valence-electron chi connectivity index (χ2n) is 7.83. The maximum absolute atomic E-state index is 12.4. The molecular weight excluding hydrogens is 361 g/mol. The normalized spacial score (nSPS) is 17.7. The summed E-state index contributed by atoms with van der Waals surface area (Å²) in [4.78, 5) is 9.47. The summed E-state index contributed by atoms with van der Waals surface area (Å²) in [5, 5.41) is 1.22. The van der Waals surface area contributed by atoms with E-state index in [0.29, 0.717) is 12.2 Å². The van der Waals surface area contributed by atoms with Crippen LogP contribution in [0.25, 0.3) is 10.9 Å². The van der Waals surface area contributed by atoms with Gasteiger partial charge in [0.2, 0.25) is 0 Å². The molecule has 1 saturated heterocycles. The predicted octanol–water partition coefficient (Wildman–Crippen LogP) is 5.60. The number of hydrogen-bond acceptors (Lipinski definition) is 3. The lowest BCUT2D eigenvalue weighted by Gasteiger charge is -2.37. The summed E-state index contributed by atoms with van der Waals surface area (Å²) >= 11 is 0. The number of pyridine rings is 1. The molecule has 1 fully saturated rings. The monoisotopic (exact) mass is 393 g/mol. The minimum atomic E-state index is 0.520. The van der Waals surface area contributed by atoms with Crippen LogP contribution >= 0.6 is 0 Å². The summed E-state index contributed by atoms with van der Waals surface area (Å²) in [5.74, 6) is 0.520. The molecule has 0 aliphatic carbocycles. The van der Waals surface area contributed by atoms with Gasteiger partial charge in [0, 0.05) is 43.0 Å². The van der Waals surface area contributed by atoms with E-state index in [0.717, 1.165) is 56.1 Å². The van der Waals surface area contributed by atoms with Crippen molar-refractivity contribution >= 4 is 10.9 Å². The average Bonchev–Trinajstić information content (AvgIpc) is 2.75. The Kier molecular flexibility index (Phi) is 7.59. The smallest absolute Gasteiger partial charge is 0.0867 e. The summed E-state index contributed by atoms with van der Waals surface area (Å²) < 4.78 is 12.4. The van der Waals surface area contributed by atoms with Gasteiger partial charge < -0.3 is 4.90 Å². The molecule has 0 saturated carbocycles. The number of allylic oxidation sites excluding steroid dienone is 4. The lowest BCUT2D eigenvalue weighted by Crippen LogP contribution is -2.45. The van der Waals surface area contributed by atoms with Crippen LogP contribution in [0.4, 0.5) is 4.39 Å². The van der Waals surface area contributed by atoms with E-state index in [-0.39, 0.29) is 0 Å². The highest BCUT2D eigenvalue weighted by Gasteiger charge is 2.18. The number of aromatic nitrogens is 1. The molecule has 1 aromatic carbocycles. The fourth-order valence-electron chi connectivity index (χ4n) is 3.90. The first-order chi connectivity index (χ1) is 14.1. The number of aryl methyl sites for hydroxylation is 1. The summed E-state index contributed by atoms with van der Waals surface area (Å²) in [6.45, 7) is 11.5. The van der Waals surface area contributed by atoms with E-state index in [1.165, 1.54) is 17.0 Å². The number of hydrogen-bond donors (Lipinski definition) is 0. The Labute approximate surface area is 174 Å². The highest BCUT2D eigenvalue weighted by atomic mass is 19.1. The molecule has 0 bridgehead atoms. The van der Waals surface area contributed by atoms with Crippen LogP contribution < -0.4 is 0 Å². The third kappa shape index (κ3) is 5.77. The Morgan fingerprint density at radius 3 is 2.69 bits per heavy atom.